The third-order valence-corrected chi connectivity index (χ3v) is 6.03. The minimum Gasteiger partial charge on any atom is -0.464 e. The zero-order valence-corrected chi connectivity index (χ0v) is 16.3. The van der Waals surface area contributed by atoms with Gasteiger partial charge < -0.3 is 9.32 Å². The van der Waals surface area contributed by atoms with E-state index in [1.165, 1.54) is 45.2 Å². The molecule has 2 heterocycles. The molecule has 2 aliphatic rings. The summed E-state index contributed by atoms with van der Waals surface area (Å²) in [6.45, 7) is 3.00. The number of rotatable bonds is 4. The molecule has 2 aromatic rings. The molecule has 1 aliphatic heterocycles. The van der Waals surface area contributed by atoms with Crippen LogP contribution in [0.4, 0.5) is 0 Å². The van der Waals surface area contributed by atoms with E-state index in [-0.39, 0.29) is 18.3 Å². The lowest BCUT2D eigenvalue weighted by atomic mass is 9.82. The number of halogens is 1. The second-order valence-electron chi connectivity index (χ2n) is 7.65. The van der Waals surface area contributed by atoms with Crippen molar-refractivity contribution in [3.63, 3.8) is 0 Å². The van der Waals surface area contributed by atoms with Gasteiger partial charge in [0.05, 0.1) is 12.2 Å². The van der Waals surface area contributed by atoms with Crippen molar-refractivity contribution in [2.24, 2.45) is 5.92 Å². The minimum atomic E-state index is 0. The number of nitrogens with zero attached hydrogens (tertiary/aromatic N) is 2. The Hall–Kier alpha value is -1.52. The number of hydrogen-bond donors (Lipinski definition) is 0. The van der Waals surface area contributed by atoms with Crippen LogP contribution in [0.2, 0.25) is 0 Å². The SMILES string of the molecule is CN(Cc1cccc2occc12)C(=O)[C@@H]1CCCC[C@H]1N1CCCC1.Cl. The Kier molecular flexibility index (Phi) is 6.25. The fourth-order valence-electron chi connectivity index (χ4n) is 4.72. The molecule has 1 aromatic heterocycles. The number of fused-ring (bicyclic) bond motifs is 1. The third kappa shape index (κ3) is 3.77. The number of carbonyl (C=O) groups excluding carboxylic acids is 1. The van der Waals surface area contributed by atoms with Crippen molar-refractivity contribution >= 4 is 29.3 Å². The molecule has 0 bridgehead atoms. The summed E-state index contributed by atoms with van der Waals surface area (Å²) in [6.07, 6.45) is 8.97. The highest BCUT2D eigenvalue weighted by Crippen LogP contribution is 2.32. The molecule has 26 heavy (non-hydrogen) atoms. The topological polar surface area (TPSA) is 36.7 Å². The standard InChI is InChI=1S/C21H28N2O2.ClH/c1-22(15-16-7-6-10-20-17(16)11-14-25-20)21(24)18-8-2-3-9-19(18)23-12-4-5-13-23;/h6-7,10-11,14,18-19H,2-5,8-9,12-13,15H2,1H3;1H/t18-,19-;/m1./s1. The van der Waals surface area contributed by atoms with E-state index in [4.69, 9.17) is 4.42 Å². The van der Waals surface area contributed by atoms with E-state index in [1.54, 1.807) is 6.26 Å². The number of amides is 1. The Morgan fingerprint density at radius 1 is 1.15 bits per heavy atom. The maximum absolute atomic E-state index is 13.2. The van der Waals surface area contributed by atoms with Gasteiger partial charge in [-0.05, 0) is 56.5 Å². The molecule has 0 unspecified atom stereocenters. The second kappa shape index (κ2) is 8.45. The maximum Gasteiger partial charge on any atom is 0.227 e. The highest BCUT2D eigenvalue weighted by Gasteiger charge is 2.37. The van der Waals surface area contributed by atoms with Gasteiger partial charge in [0.1, 0.15) is 5.58 Å². The van der Waals surface area contributed by atoms with E-state index in [9.17, 15) is 4.79 Å². The molecule has 0 N–H and O–H groups in total. The van der Waals surface area contributed by atoms with Crippen LogP contribution in [0.25, 0.3) is 11.0 Å². The lowest BCUT2D eigenvalue weighted by molar-refractivity contribution is -0.138. The lowest BCUT2D eigenvalue weighted by Crippen LogP contribution is -2.47. The van der Waals surface area contributed by atoms with Gasteiger partial charge in [-0.1, -0.05) is 25.0 Å². The van der Waals surface area contributed by atoms with Crippen LogP contribution in [-0.2, 0) is 11.3 Å². The van der Waals surface area contributed by atoms with Gasteiger partial charge >= 0.3 is 0 Å². The lowest BCUT2D eigenvalue weighted by Gasteiger charge is -2.38. The van der Waals surface area contributed by atoms with Gasteiger partial charge in [-0.15, -0.1) is 12.4 Å². The number of carbonyl (C=O) groups is 1. The predicted octanol–water partition coefficient (Wildman–Crippen LogP) is 4.47. The van der Waals surface area contributed by atoms with Crippen molar-refractivity contribution < 1.29 is 9.21 Å². The van der Waals surface area contributed by atoms with Crippen LogP contribution in [0.15, 0.2) is 34.9 Å². The monoisotopic (exact) mass is 376 g/mol. The Morgan fingerprint density at radius 2 is 1.92 bits per heavy atom. The van der Waals surface area contributed by atoms with Gasteiger partial charge in [-0.3, -0.25) is 9.69 Å². The van der Waals surface area contributed by atoms with Gasteiger partial charge in [0, 0.05) is 25.0 Å². The van der Waals surface area contributed by atoms with Gasteiger partial charge in [-0.2, -0.15) is 0 Å². The first-order chi connectivity index (χ1) is 12.2. The smallest absolute Gasteiger partial charge is 0.227 e. The minimum absolute atomic E-state index is 0. The van der Waals surface area contributed by atoms with Crippen LogP contribution in [0.5, 0.6) is 0 Å². The molecule has 1 aromatic carbocycles. The van der Waals surface area contributed by atoms with Crippen LogP contribution < -0.4 is 0 Å². The summed E-state index contributed by atoms with van der Waals surface area (Å²) < 4.78 is 5.49. The quantitative estimate of drug-likeness (QED) is 0.790. The molecule has 4 rings (SSSR count). The average Bonchev–Trinajstić information content (AvgIpc) is 3.33. The van der Waals surface area contributed by atoms with Crippen molar-refractivity contribution in [3.8, 4) is 0 Å². The largest absolute Gasteiger partial charge is 0.464 e. The summed E-state index contributed by atoms with van der Waals surface area (Å²) >= 11 is 0. The molecule has 1 amide bonds. The predicted molar refractivity (Wildman–Crippen MR) is 106 cm³/mol. The molecule has 5 heteroatoms. The summed E-state index contributed by atoms with van der Waals surface area (Å²) in [5, 5.41) is 1.11. The normalized spacial score (nSPS) is 23.7. The molecule has 0 spiro atoms. The zero-order valence-electron chi connectivity index (χ0n) is 15.5. The van der Waals surface area contributed by atoms with E-state index in [1.807, 2.05) is 30.1 Å². The second-order valence-corrected chi connectivity index (χ2v) is 7.65. The van der Waals surface area contributed by atoms with Crippen LogP contribution in [0.1, 0.15) is 44.1 Å². The van der Waals surface area contributed by atoms with E-state index in [0.29, 0.717) is 18.5 Å². The van der Waals surface area contributed by atoms with Crippen molar-refractivity contribution in [1.29, 1.82) is 0 Å². The number of benzene rings is 1. The molecular formula is C21H29ClN2O2. The van der Waals surface area contributed by atoms with Gasteiger partial charge in [0.15, 0.2) is 0 Å². The van der Waals surface area contributed by atoms with Crippen molar-refractivity contribution in [1.82, 2.24) is 9.80 Å². The van der Waals surface area contributed by atoms with Gasteiger partial charge in [0.2, 0.25) is 5.91 Å². The number of likely N-dealkylation sites (tertiary alicyclic amines) is 1. The van der Waals surface area contributed by atoms with Crippen molar-refractivity contribution in [2.75, 3.05) is 20.1 Å². The summed E-state index contributed by atoms with van der Waals surface area (Å²) in [5.74, 6) is 0.484. The van der Waals surface area contributed by atoms with Crippen molar-refractivity contribution in [2.45, 2.75) is 51.1 Å². The van der Waals surface area contributed by atoms with Crippen LogP contribution in [-0.4, -0.2) is 41.9 Å². The Labute approximate surface area is 161 Å². The Balaban J connectivity index is 0.00000196. The summed E-state index contributed by atoms with van der Waals surface area (Å²) in [5.41, 5.74) is 2.06. The van der Waals surface area contributed by atoms with Crippen LogP contribution in [0, 0.1) is 5.92 Å². The maximum atomic E-state index is 13.2. The number of hydrogen-bond acceptors (Lipinski definition) is 3. The van der Waals surface area contributed by atoms with Gasteiger partial charge in [-0.25, -0.2) is 0 Å². The van der Waals surface area contributed by atoms with Crippen LogP contribution in [0.3, 0.4) is 0 Å². The zero-order chi connectivity index (χ0) is 17.2. The Bertz CT molecular complexity index is 738. The molecule has 1 aliphatic carbocycles. The van der Waals surface area contributed by atoms with Gasteiger partial charge in [0.25, 0.3) is 0 Å². The van der Waals surface area contributed by atoms with E-state index >= 15 is 0 Å². The van der Waals surface area contributed by atoms with E-state index in [0.717, 1.165) is 23.0 Å². The molecule has 142 valence electrons. The first-order valence-electron chi connectivity index (χ1n) is 9.68. The van der Waals surface area contributed by atoms with Crippen molar-refractivity contribution in [3.05, 3.63) is 36.1 Å². The van der Waals surface area contributed by atoms with E-state index in [2.05, 4.69) is 11.0 Å². The number of furan rings is 1. The fourth-order valence-corrected chi connectivity index (χ4v) is 4.72. The van der Waals surface area contributed by atoms with E-state index < -0.39 is 0 Å². The van der Waals surface area contributed by atoms with Crippen LogP contribution >= 0.6 is 12.4 Å². The molecule has 0 radical (unpaired) electrons. The summed E-state index contributed by atoms with van der Waals surface area (Å²) in [6, 6.07) is 8.53. The molecule has 2 fully saturated rings. The Morgan fingerprint density at radius 3 is 2.73 bits per heavy atom. The first-order valence-corrected chi connectivity index (χ1v) is 9.68. The first kappa shape index (κ1) is 19.2. The molecule has 1 saturated carbocycles. The highest BCUT2D eigenvalue weighted by molar-refractivity contribution is 5.85. The fraction of sp³-hybridized carbons (Fsp3) is 0.571. The average molecular weight is 377 g/mol. The molecule has 2 atom stereocenters. The third-order valence-electron chi connectivity index (χ3n) is 6.03. The molecule has 1 saturated heterocycles. The summed E-state index contributed by atoms with van der Waals surface area (Å²) in [4.78, 5) is 17.7. The molecule has 4 nitrogen and oxygen atoms in total. The molecular weight excluding hydrogens is 348 g/mol. The summed E-state index contributed by atoms with van der Waals surface area (Å²) in [7, 11) is 1.96. The highest BCUT2D eigenvalue weighted by atomic mass is 35.5.